The summed E-state index contributed by atoms with van der Waals surface area (Å²) in [6.07, 6.45) is 0. The van der Waals surface area contributed by atoms with E-state index in [-0.39, 0.29) is 23.9 Å². The van der Waals surface area contributed by atoms with Gasteiger partial charge in [-0.15, -0.1) is 0 Å². The summed E-state index contributed by atoms with van der Waals surface area (Å²) in [6.45, 7) is 0.501. The molecule has 0 aliphatic rings. The highest BCUT2D eigenvalue weighted by Crippen LogP contribution is 2.39. The Morgan fingerprint density at radius 3 is 2.03 bits per heavy atom. The maximum Gasteiger partial charge on any atom is 0.265 e. The normalized spacial score (nSPS) is 10.4. The number of phenols is 1. The average molecular weight is 503 g/mol. The van der Waals surface area contributed by atoms with Gasteiger partial charge in [0.05, 0.1) is 33.5 Å². The van der Waals surface area contributed by atoms with Crippen LogP contribution in [-0.4, -0.2) is 39.5 Å². The van der Waals surface area contributed by atoms with Crippen LogP contribution in [-0.2, 0) is 13.2 Å². The van der Waals surface area contributed by atoms with Crippen molar-refractivity contribution in [1.82, 2.24) is 10.9 Å². The van der Waals surface area contributed by atoms with Crippen molar-refractivity contribution in [2.24, 2.45) is 0 Å². The first-order valence-electron chi connectivity index (χ1n) is 10.5. The lowest BCUT2D eigenvalue weighted by Gasteiger charge is -2.17. The Hall–Kier alpha value is -3.82. The lowest BCUT2D eigenvalue weighted by atomic mass is 10.1. The van der Waals surface area contributed by atoms with E-state index in [1.165, 1.54) is 32.4 Å². The van der Waals surface area contributed by atoms with Gasteiger partial charge < -0.3 is 28.8 Å². The number of benzene rings is 3. The predicted molar refractivity (Wildman–Crippen MR) is 131 cm³/mol. The van der Waals surface area contributed by atoms with Gasteiger partial charge in [0.1, 0.15) is 23.9 Å². The number of phenolic OH excluding ortho intramolecular Hbond substituents is 1. The molecular weight excluding hydrogens is 476 g/mol. The van der Waals surface area contributed by atoms with E-state index >= 15 is 0 Å². The Labute approximate surface area is 208 Å². The van der Waals surface area contributed by atoms with Crippen LogP contribution >= 0.6 is 11.6 Å². The molecule has 0 fully saturated rings. The first-order valence-corrected chi connectivity index (χ1v) is 10.9. The largest absolute Gasteiger partial charge is 0.506 e. The van der Waals surface area contributed by atoms with E-state index in [1.807, 2.05) is 12.1 Å². The molecule has 10 heteroatoms. The number of methoxy groups -OCH3 is 4. The third kappa shape index (κ3) is 6.62. The van der Waals surface area contributed by atoms with E-state index in [9.17, 15) is 9.90 Å². The van der Waals surface area contributed by atoms with Crippen molar-refractivity contribution in [2.75, 3.05) is 28.4 Å². The minimum Gasteiger partial charge on any atom is -0.506 e. The molecule has 0 heterocycles. The summed E-state index contributed by atoms with van der Waals surface area (Å²) < 4.78 is 27.7. The van der Waals surface area contributed by atoms with E-state index < -0.39 is 5.91 Å². The Morgan fingerprint density at radius 2 is 1.49 bits per heavy atom. The van der Waals surface area contributed by atoms with E-state index in [0.717, 1.165) is 11.1 Å². The van der Waals surface area contributed by atoms with Crippen molar-refractivity contribution < 1.29 is 33.6 Å². The first kappa shape index (κ1) is 25.8. The van der Waals surface area contributed by atoms with Gasteiger partial charge in [0.2, 0.25) is 5.75 Å². The van der Waals surface area contributed by atoms with Crippen LogP contribution in [0.1, 0.15) is 21.5 Å². The number of hydrogen-bond donors (Lipinski definition) is 3. The van der Waals surface area contributed by atoms with Gasteiger partial charge in [-0.25, -0.2) is 5.43 Å². The SMILES string of the molecule is COc1cc(COc2c(OC)cc(CNNC(=O)c3ccc(O)c(Cl)c3)cc2OC)cc(OC)c1. The number of amides is 1. The van der Waals surface area contributed by atoms with E-state index in [1.54, 1.807) is 32.4 Å². The van der Waals surface area contributed by atoms with Crippen LogP contribution in [0.2, 0.25) is 5.02 Å². The van der Waals surface area contributed by atoms with Crippen molar-refractivity contribution in [1.29, 1.82) is 0 Å². The molecule has 3 aromatic rings. The van der Waals surface area contributed by atoms with Crippen molar-refractivity contribution in [3.05, 3.63) is 70.2 Å². The van der Waals surface area contributed by atoms with Crippen molar-refractivity contribution in [3.8, 4) is 34.5 Å². The standard InChI is InChI=1S/C25H27ClN2O7/c1-31-18-7-16(8-19(12-18)32-2)14-35-24-22(33-3)9-15(10-23(24)34-4)13-27-28-25(30)17-5-6-21(29)20(26)11-17/h5-12,27,29H,13-14H2,1-4H3,(H,28,30). The van der Waals surface area contributed by atoms with Crippen LogP contribution < -0.4 is 34.5 Å². The Bertz CT molecular complexity index is 1140. The fraction of sp³-hybridized carbons (Fsp3) is 0.240. The first-order chi connectivity index (χ1) is 16.9. The van der Waals surface area contributed by atoms with Gasteiger partial charge in [0.25, 0.3) is 5.91 Å². The molecule has 0 atom stereocenters. The zero-order chi connectivity index (χ0) is 25.4. The number of hydrogen-bond acceptors (Lipinski definition) is 8. The highest BCUT2D eigenvalue weighted by molar-refractivity contribution is 6.32. The minimum absolute atomic E-state index is 0.0927. The van der Waals surface area contributed by atoms with Gasteiger partial charge in [-0.3, -0.25) is 10.2 Å². The molecule has 0 bridgehead atoms. The minimum atomic E-state index is -0.403. The van der Waals surface area contributed by atoms with Gasteiger partial charge in [-0.05, 0) is 53.6 Å². The van der Waals surface area contributed by atoms with Crippen LogP contribution in [0.3, 0.4) is 0 Å². The molecule has 0 saturated heterocycles. The monoisotopic (exact) mass is 502 g/mol. The summed E-state index contributed by atoms with van der Waals surface area (Å²) in [5.74, 6) is 2.17. The van der Waals surface area contributed by atoms with Crippen molar-refractivity contribution in [3.63, 3.8) is 0 Å². The molecule has 0 spiro atoms. The van der Waals surface area contributed by atoms with Crippen molar-refractivity contribution in [2.45, 2.75) is 13.2 Å². The van der Waals surface area contributed by atoms with Crippen LogP contribution in [0, 0.1) is 0 Å². The fourth-order valence-electron chi connectivity index (χ4n) is 3.23. The van der Waals surface area contributed by atoms with Crippen LogP contribution in [0.4, 0.5) is 0 Å². The average Bonchev–Trinajstić information content (AvgIpc) is 2.88. The zero-order valence-electron chi connectivity index (χ0n) is 19.8. The number of aromatic hydroxyl groups is 1. The second-order valence-corrected chi connectivity index (χ2v) is 7.72. The number of rotatable bonds is 11. The molecule has 0 saturated carbocycles. The number of ether oxygens (including phenoxy) is 5. The smallest absolute Gasteiger partial charge is 0.265 e. The molecular formula is C25H27ClN2O7. The summed E-state index contributed by atoms with van der Waals surface area (Å²) >= 11 is 5.86. The topological polar surface area (TPSA) is 108 Å². The summed E-state index contributed by atoms with van der Waals surface area (Å²) in [4.78, 5) is 12.3. The maximum absolute atomic E-state index is 12.3. The second kappa shape index (κ2) is 12.0. The molecule has 186 valence electrons. The molecule has 0 unspecified atom stereocenters. The Morgan fingerprint density at radius 1 is 0.857 bits per heavy atom. The van der Waals surface area contributed by atoms with Crippen LogP contribution in [0.25, 0.3) is 0 Å². The molecule has 0 radical (unpaired) electrons. The lowest BCUT2D eigenvalue weighted by Crippen LogP contribution is -2.36. The van der Waals surface area contributed by atoms with Gasteiger partial charge in [0.15, 0.2) is 11.5 Å². The molecule has 3 N–H and O–H groups in total. The zero-order valence-corrected chi connectivity index (χ0v) is 20.6. The summed E-state index contributed by atoms with van der Waals surface area (Å²) in [6, 6.07) is 13.2. The molecule has 9 nitrogen and oxygen atoms in total. The molecule has 0 aromatic heterocycles. The second-order valence-electron chi connectivity index (χ2n) is 7.31. The molecule has 3 aromatic carbocycles. The number of carbonyl (C=O) groups is 1. The van der Waals surface area contributed by atoms with Gasteiger partial charge in [0, 0.05) is 18.2 Å². The Balaban J connectivity index is 1.69. The van der Waals surface area contributed by atoms with E-state index in [0.29, 0.717) is 34.3 Å². The molecule has 35 heavy (non-hydrogen) atoms. The number of nitrogens with one attached hydrogen (secondary N) is 2. The molecule has 0 aliphatic carbocycles. The Kier molecular flexibility index (Phi) is 8.88. The van der Waals surface area contributed by atoms with Crippen LogP contribution in [0.5, 0.6) is 34.5 Å². The molecule has 1 amide bonds. The molecule has 0 aliphatic heterocycles. The summed E-state index contributed by atoms with van der Waals surface area (Å²) in [5.41, 5.74) is 7.36. The summed E-state index contributed by atoms with van der Waals surface area (Å²) in [7, 11) is 6.23. The molecule has 3 rings (SSSR count). The van der Waals surface area contributed by atoms with E-state index in [4.69, 9.17) is 35.3 Å². The number of carbonyl (C=O) groups excluding carboxylic acids is 1. The van der Waals surface area contributed by atoms with Gasteiger partial charge in [-0.1, -0.05) is 11.6 Å². The van der Waals surface area contributed by atoms with Crippen LogP contribution in [0.15, 0.2) is 48.5 Å². The van der Waals surface area contributed by atoms with E-state index in [2.05, 4.69) is 10.9 Å². The van der Waals surface area contributed by atoms with Gasteiger partial charge >= 0.3 is 0 Å². The van der Waals surface area contributed by atoms with Gasteiger partial charge in [-0.2, -0.15) is 0 Å². The van der Waals surface area contributed by atoms with Crippen molar-refractivity contribution >= 4 is 17.5 Å². The lowest BCUT2D eigenvalue weighted by molar-refractivity contribution is 0.0932. The highest BCUT2D eigenvalue weighted by atomic mass is 35.5. The quantitative estimate of drug-likeness (QED) is 0.336. The maximum atomic E-state index is 12.3. The number of halogens is 1. The number of hydrazine groups is 1. The highest BCUT2D eigenvalue weighted by Gasteiger charge is 2.16. The summed E-state index contributed by atoms with van der Waals surface area (Å²) in [5, 5.41) is 9.59. The predicted octanol–water partition coefficient (Wildman–Crippen LogP) is 4.09. The third-order valence-corrected chi connectivity index (χ3v) is 5.32. The fourth-order valence-corrected chi connectivity index (χ4v) is 3.41. The third-order valence-electron chi connectivity index (χ3n) is 5.02.